The molecular weight excluding hydrogens is 282 g/mol. The van der Waals surface area contributed by atoms with Gasteiger partial charge in [-0.25, -0.2) is 8.42 Å². The van der Waals surface area contributed by atoms with E-state index in [0.29, 0.717) is 12.8 Å². The fraction of sp³-hybridized carbons (Fsp3) is 0.417. The zero-order valence-electron chi connectivity index (χ0n) is 10.6. The quantitative estimate of drug-likeness (QED) is 0.664. The molecule has 1 heterocycles. The number of hydrogen-bond acceptors (Lipinski definition) is 6. The monoisotopic (exact) mass is 295 g/mol. The smallest absolute Gasteiger partial charge is 0.309 e. The van der Waals surface area contributed by atoms with Crippen molar-refractivity contribution >= 4 is 21.2 Å². The van der Waals surface area contributed by atoms with Gasteiger partial charge in [-0.15, -0.1) is 0 Å². The van der Waals surface area contributed by atoms with Gasteiger partial charge in [0.2, 0.25) is 0 Å². The third-order valence-electron chi connectivity index (χ3n) is 3.32. The Morgan fingerprint density at radius 2 is 2.25 bits per heavy atom. The summed E-state index contributed by atoms with van der Waals surface area (Å²) in [5.41, 5.74) is -0.184. The van der Waals surface area contributed by atoms with Crippen LogP contribution >= 0.6 is 0 Å². The molecule has 20 heavy (non-hydrogen) atoms. The van der Waals surface area contributed by atoms with Crippen LogP contribution in [0.2, 0.25) is 0 Å². The lowest BCUT2D eigenvalue weighted by atomic mass is 10.1. The lowest BCUT2D eigenvalue weighted by Gasteiger charge is -2.12. The number of nitrogens with one attached hydrogen (secondary N) is 1. The van der Waals surface area contributed by atoms with Gasteiger partial charge in [-0.05, 0) is 25.0 Å². The molecule has 0 radical (unpaired) electrons. The molecule has 1 N–H and O–H groups in total. The Bertz CT molecular complexity index is 678. The molecule has 1 aromatic rings. The van der Waals surface area contributed by atoms with Crippen LogP contribution in [0.5, 0.6) is 0 Å². The highest BCUT2D eigenvalue weighted by molar-refractivity contribution is 7.92. The second-order valence-corrected chi connectivity index (χ2v) is 6.98. The lowest BCUT2D eigenvalue weighted by molar-refractivity contribution is -0.384. The first kappa shape index (κ1) is 14.3. The van der Waals surface area contributed by atoms with Gasteiger partial charge in [0, 0.05) is 6.54 Å². The number of sulfone groups is 1. The van der Waals surface area contributed by atoms with Crippen LogP contribution in [0.15, 0.2) is 18.2 Å². The highest BCUT2D eigenvalue weighted by atomic mass is 32.2. The summed E-state index contributed by atoms with van der Waals surface area (Å²) in [4.78, 5) is 10.4. The van der Waals surface area contributed by atoms with Crippen LogP contribution in [0.1, 0.15) is 18.4 Å². The number of nitro benzene ring substituents is 1. The SMILES string of the molecule is N#Cc1cccc(NCC2CCCS2(=O)=O)c1[N+](=O)[O-]. The van der Waals surface area contributed by atoms with Crippen molar-refractivity contribution in [1.29, 1.82) is 5.26 Å². The zero-order valence-corrected chi connectivity index (χ0v) is 11.4. The molecule has 0 aliphatic carbocycles. The molecule has 7 nitrogen and oxygen atoms in total. The standard InChI is InChI=1S/C12H13N3O4S/c13-7-9-3-1-5-11(12(9)15(16)17)14-8-10-4-2-6-20(10,18)19/h1,3,5,10,14H,2,4,6,8H2. The number of nitriles is 1. The van der Waals surface area contributed by atoms with Crippen molar-refractivity contribution in [3.63, 3.8) is 0 Å². The number of rotatable bonds is 4. The summed E-state index contributed by atoms with van der Waals surface area (Å²) in [5.74, 6) is 0.166. The van der Waals surface area contributed by atoms with Crippen LogP contribution < -0.4 is 5.32 Å². The van der Waals surface area contributed by atoms with Crippen LogP contribution in [-0.2, 0) is 9.84 Å². The Morgan fingerprint density at radius 1 is 1.50 bits per heavy atom. The molecule has 0 spiro atoms. The first-order valence-electron chi connectivity index (χ1n) is 6.08. The van der Waals surface area contributed by atoms with Gasteiger partial charge >= 0.3 is 5.69 Å². The molecule has 1 unspecified atom stereocenters. The van der Waals surface area contributed by atoms with Crippen molar-refractivity contribution in [1.82, 2.24) is 0 Å². The van der Waals surface area contributed by atoms with Gasteiger partial charge in [0.05, 0.1) is 15.9 Å². The zero-order chi connectivity index (χ0) is 14.8. The van der Waals surface area contributed by atoms with E-state index >= 15 is 0 Å². The molecule has 1 aromatic carbocycles. The van der Waals surface area contributed by atoms with Gasteiger partial charge in [0.25, 0.3) is 0 Å². The van der Waals surface area contributed by atoms with Gasteiger partial charge in [-0.2, -0.15) is 5.26 Å². The molecule has 0 aromatic heterocycles. The summed E-state index contributed by atoms with van der Waals surface area (Å²) in [6.45, 7) is 0.123. The van der Waals surface area contributed by atoms with Crippen molar-refractivity contribution in [2.75, 3.05) is 17.6 Å². The number of nitro groups is 1. The Morgan fingerprint density at radius 3 is 2.80 bits per heavy atom. The Labute approximate surface area is 116 Å². The van der Waals surface area contributed by atoms with Crippen molar-refractivity contribution in [3.05, 3.63) is 33.9 Å². The second-order valence-electron chi connectivity index (χ2n) is 4.58. The summed E-state index contributed by atoms with van der Waals surface area (Å²) in [6, 6.07) is 6.12. The van der Waals surface area contributed by atoms with Gasteiger partial charge in [-0.1, -0.05) is 6.07 Å². The van der Waals surface area contributed by atoms with Gasteiger partial charge in [-0.3, -0.25) is 10.1 Å². The van der Waals surface area contributed by atoms with Gasteiger partial charge < -0.3 is 5.32 Å². The molecule has 1 fully saturated rings. The van der Waals surface area contributed by atoms with E-state index in [0.717, 1.165) is 0 Å². The highest BCUT2D eigenvalue weighted by Gasteiger charge is 2.31. The number of para-hydroxylation sites is 1. The largest absolute Gasteiger partial charge is 0.378 e. The topological polar surface area (TPSA) is 113 Å². The van der Waals surface area contributed by atoms with Crippen molar-refractivity contribution in [2.45, 2.75) is 18.1 Å². The summed E-state index contributed by atoms with van der Waals surface area (Å²) in [5, 5.41) is 22.2. The maximum Gasteiger partial charge on any atom is 0.309 e. The Hall–Kier alpha value is -2.14. The molecule has 1 aliphatic rings. The molecule has 0 bridgehead atoms. The highest BCUT2D eigenvalue weighted by Crippen LogP contribution is 2.29. The number of anilines is 1. The molecule has 106 valence electrons. The second kappa shape index (κ2) is 5.46. The normalized spacial score (nSPS) is 20.2. The fourth-order valence-corrected chi connectivity index (χ4v) is 4.05. The van der Waals surface area contributed by atoms with E-state index in [1.165, 1.54) is 18.2 Å². The summed E-state index contributed by atoms with van der Waals surface area (Å²) in [6.07, 6.45) is 1.18. The fourth-order valence-electron chi connectivity index (χ4n) is 2.28. The number of nitrogens with zero attached hydrogens (tertiary/aromatic N) is 2. The predicted molar refractivity (Wildman–Crippen MR) is 73.1 cm³/mol. The lowest BCUT2D eigenvalue weighted by Crippen LogP contribution is -2.25. The summed E-state index contributed by atoms with van der Waals surface area (Å²) >= 11 is 0. The predicted octanol–water partition coefficient (Wildman–Crippen LogP) is 1.46. The van der Waals surface area contributed by atoms with Crippen LogP contribution in [0, 0.1) is 21.4 Å². The van der Waals surface area contributed by atoms with E-state index in [-0.39, 0.29) is 29.2 Å². The number of hydrogen-bond donors (Lipinski definition) is 1. The van der Waals surface area contributed by atoms with E-state index in [2.05, 4.69) is 5.32 Å². The van der Waals surface area contributed by atoms with E-state index < -0.39 is 20.0 Å². The molecular formula is C12H13N3O4S. The molecule has 8 heteroatoms. The average Bonchev–Trinajstić information content (AvgIpc) is 2.74. The van der Waals surface area contributed by atoms with E-state index in [4.69, 9.17) is 5.26 Å². The van der Waals surface area contributed by atoms with Gasteiger partial charge in [0.15, 0.2) is 9.84 Å². The summed E-state index contributed by atoms with van der Waals surface area (Å²) in [7, 11) is -3.10. The van der Waals surface area contributed by atoms with Gasteiger partial charge in [0.1, 0.15) is 17.3 Å². The van der Waals surface area contributed by atoms with Crippen LogP contribution in [0.4, 0.5) is 11.4 Å². The van der Waals surface area contributed by atoms with Crippen molar-refractivity contribution in [2.24, 2.45) is 0 Å². The summed E-state index contributed by atoms with van der Waals surface area (Å²) < 4.78 is 23.4. The van der Waals surface area contributed by atoms with E-state index in [1.807, 2.05) is 0 Å². The molecule has 1 atom stereocenters. The Balaban J connectivity index is 2.22. The molecule has 1 saturated heterocycles. The maximum absolute atomic E-state index is 11.7. The molecule has 0 amide bonds. The molecule has 0 saturated carbocycles. The minimum Gasteiger partial charge on any atom is -0.378 e. The average molecular weight is 295 g/mol. The minimum atomic E-state index is -3.10. The third-order valence-corrected chi connectivity index (χ3v) is 5.60. The number of benzene rings is 1. The van der Waals surface area contributed by atoms with Crippen molar-refractivity contribution < 1.29 is 13.3 Å². The molecule has 2 rings (SSSR count). The first-order valence-corrected chi connectivity index (χ1v) is 7.80. The first-order chi connectivity index (χ1) is 9.45. The van der Waals surface area contributed by atoms with Crippen LogP contribution in [-0.4, -0.2) is 30.9 Å². The minimum absolute atomic E-state index is 0.0470. The third kappa shape index (κ3) is 2.72. The van der Waals surface area contributed by atoms with Crippen LogP contribution in [0.25, 0.3) is 0 Å². The van der Waals surface area contributed by atoms with Crippen molar-refractivity contribution in [3.8, 4) is 6.07 Å². The Kier molecular flexibility index (Phi) is 3.90. The van der Waals surface area contributed by atoms with E-state index in [9.17, 15) is 18.5 Å². The van der Waals surface area contributed by atoms with Crippen LogP contribution in [0.3, 0.4) is 0 Å². The van der Waals surface area contributed by atoms with E-state index in [1.54, 1.807) is 6.07 Å². The molecule has 1 aliphatic heterocycles. The maximum atomic E-state index is 11.7.